The van der Waals surface area contributed by atoms with Crippen LogP contribution >= 0.6 is 0 Å². The molecule has 0 aliphatic carbocycles. The van der Waals surface area contributed by atoms with Crippen molar-refractivity contribution in [3.05, 3.63) is 42.5 Å². The summed E-state index contributed by atoms with van der Waals surface area (Å²) < 4.78 is 14.6. The lowest BCUT2D eigenvalue weighted by Crippen LogP contribution is -2.45. The molecule has 0 bridgehead atoms. The number of likely N-dealkylation sites (N-methyl/N-ethyl adjacent to an activating group) is 1. The first-order chi connectivity index (χ1) is 9.24. The van der Waals surface area contributed by atoms with Crippen molar-refractivity contribution in [1.82, 2.24) is 9.21 Å². The highest BCUT2D eigenvalue weighted by atomic mass is 32.2. The predicted molar refractivity (Wildman–Crippen MR) is 79.4 cm³/mol. The van der Waals surface area contributed by atoms with Crippen molar-refractivity contribution in [1.29, 1.82) is 0 Å². The van der Waals surface area contributed by atoms with Crippen LogP contribution in [0.4, 0.5) is 0 Å². The Bertz CT molecular complexity index is 606. The van der Waals surface area contributed by atoms with Gasteiger partial charge in [0.15, 0.2) is 0 Å². The van der Waals surface area contributed by atoms with E-state index in [0.29, 0.717) is 0 Å². The number of hydrogen-bond acceptors (Lipinski definition) is 2. The number of nitrogens with zero attached hydrogens (tertiary/aromatic N) is 2. The van der Waals surface area contributed by atoms with Crippen molar-refractivity contribution < 1.29 is 4.21 Å². The normalized spacial score (nSPS) is 19.6. The predicted octanol–water partition coefficient (Wildman–Crippen LogP) is 2.11. The van der Waals surface area contributed by atoms with E-state index in [4.69, 9.17) is 0 Å². The molecule has 19 heavy (non-hydrogen) atoms. The minimum atomic E-state index is -1.03. The Hall–Kier alpha value is -1.23. The minimum absolute atomic E-state index is 0.871. The zero-order valence-electron chi connectivity index (χ0n) is 11.1. The summed E-state index contributed by atoms with van der Waals surface area (Å²) >= 11 is 0. The van der Waals surface area contributed by atoms with Gasteiger partial charge in [-0.05, 0) is 30.0 Å². The fraction of sp³-hybridized carbons (Fsp3) is 0.333. The monoisotopic (exact) mass is 274 g/mol. The summed E-state index contributed by atoms with van der Waals surface area (Å²) in [5.41, 5.74) is 0. The zero-order valence-corrected chi connectivity index (χ0v) is 11.9. The zero-order chi connectivity index (χ0) is 13.2. The Morgan fingerprint density at radius 2 is 1.63 bits per heavy atom. The maximum absolute atomic E-state index is 12.6. The summed E-state index contributed by atoms with van der Waals surface area (Å²) in [4.78, 5) is 3.18. The van der Waals surface area contributed by atoms with E-state index in [0.717, 1.165) is 36.5 Å². The van der Waals surface area contributed by atoms with Crippen molar-refractivity contribution in [2.45, 2.75) is 4.90 Å². The molecule has 0 spiro atoms. The van der Waals surface area contributed by atoms with Crippen LogP contribution in [0.2, 0.25) is 0 Å². The molecule has 2 aromatic carbocycles. The van der Waals surface area contributed by atoms with Gasteiger partial charge in [-0.15, -0.1) is 0 Å². The third kappa shape index (κ3) is 2.71. The van der Waals surface area contributed by atoms with Crippen molar-refractivity contribution in [2.24, 2.45) is 0 Å². The van der Waals surface area contributed by atoms with E-state index >= 15 is 0 Å². The van der Waals surface area contributed by atoms with Crippen LogP contribution in [0.25, 0.3) is 10.8 Å². The summed E-state index contributed by atoms with van der Waals surface area (Å²) in [6, 6.07) is 14.3. The highest BCUT2D eigenvalue weighted by Crippen LogP contribution is 2.20. The molecule has 0 radical (unpaired) electrons. The Labute approximate surface area is 116 Å². The van der Waals surface area contributed by atoms with Crippen LogP contribution in [0.15, 0.2) is 47.4 Å². The number of rotatable bonds is 2. The minimum Gasteiger partial charge on any atom is -0.304 e. The quantitative estimate of drug-likeness (QED) is 0.837. The van der Waals surface area contributed by atoms with Gasteiger partial charge in [-0.1, -0.05) is 30.3 Å². The van der Waals surface area contributed by atoms with Gasteiger partial charge >= 0.3 is 0 Å². The molecule has 100 valence electrons. The van der Waals surface area contributed by atoms with E-state index in [1.165, 1.54) is 5.39 Å². The molecule has 0 aromatic heterocycles. The third-order valence-corrected chi connectivity index (χ3v) is 5.11. The largest absolute Gasteiger partial charge is 0.304 e. The standard InChI is InChI=1S/C15H18N2OS/c1-16-8-10-17(11-9-16)19(18)15-7-6-13-4-2-3-5-14(13)12-15/h2-7,12H,8-11H2,1H3/t19-/m0/s1. The first kappa shape index (κ1) is 12.8. The molecule has 0 saturated carbocycles. The first-order valence-corrected chi connectivity index (χ1v) is 7.69. The summed E-state index contributed by atoms with van der Waals surface area (Å²) in [7, 11) is 1.07. The van der Waals surface area contributed by atoms with Gasteiger partial charge < -0.3 is 4.90 Å². The lowest BCUT2D eigenvalue weighted by molar-refractivity contribution is 0.228. The Kier molecular flexibility index (Phi) is 3.64. The summed E-state index contributed by atoms with van der Waals surface area (Å²) in [6.45, 7) is 3.71. The van der Waals surface area contributed by atoms with Gasteiger partial charge in [0.1, 0.15) is 11.0 Å². The SMILES string of the molecule is CN1CCN([S@@](=O)c2ccc3ccccc3c2)CC1. The van der Waals surface area contributed by atoms with Crippen LogP contribution in [0.5, 0.6) is 0 Å². The number of piperazine rings is 1. The van der Waals surface area contributed by atoms with Gasteiger partial charge in [0.25, 0.3) is 0 Å². The van der Waals surface area contributed by atoms with Gasteiger partial charge in [0.05, 0.1) is 4.90 Å². The van der Waals surface area contributed by atoms with E-state index in [1.54, 1.807) is 0 Å². The molecule has 1 saturated heterocycles. The number of fused-ring (bicyclic) bond motifs is 1. The summed E-state index contributed by atoms with van der Waals surface area (Å²) in [5, 5.41) is 2.35. The van der Waals surface area contributed by atoms with Crippen LogP contribution in [0.1, 0.15) is 0 Å². The first-order valence-electron chi connectivity index (χ1n) is 6.58. The van der Waals surface area contributed by atoms with Crippen LogP contribution in [0.3, 0.4) is 0 Å². The lowest BCUT2D eigenvalue weighted by Gasteiger charge is -2.31. The van der Waals surface area contributed by atoms with Crippen LogP contribution in [-0.2, 0) is 11.0 Å². The average molecular weight is 274 g/mol. The lowest BCUT2D eigenvalue weighted by atomic mass is 10.1. The van der Waals surface area contributed by atoms with Gasteiger partial charge in [0.2, 0.25) is 0 Å². The molecule has 1 fully saturated rings. The molecular formula is C15H18N2OS. The highest BCUT2D eigenvalue weighted by molar-refractivity contribution is 7.82. The van der Waals surface area contributed by atoms with Gasteiger partial charge in [0, 0.05) is 26.2 Å². The van der Waals surface area contributed by atoms with E-state index in [1.807, 2.05) is 24.3 Å². The second-order valence-electron chi connectivity index (χ2n) is 4.99. The topological polar surface area (TPSA) is 23.6 Å². The van der Waals surface area contributed by atoms with Crippen molar-refractivity contribution in [3.8, 4) is 0 Å². The molecule has 0 amide bonds. The molecule has 0 unspecified atom stereocenters. The molecule has 3 rings (SSSR count). The third-order valence-electron chi connectivity index (χ3n) is 3.62. The molecule has 4 heteroatoms. The fourth-order valence-electron chi connectivity index (χ4n) is 2.38. The summed E-state index contributed by atoms with van der Waals surface area (Å²) in [5.74, 6) is 0. The maximum atomic E-state index is 12.6. The number of hydrogen-bond donors (Lipinski definition) is 0. The van der Waals surface area contributed by atoms with E-state index in [9.17, 15) is 4.21 Å². The van der Waals surface area contributed by atoms with Crippen LogP contribution in [0, 0.1) is 0 Å². The van der Waals surface area contributed by atoms with Gasteiger partial charge in [-0.2, -0.15) is 0 Å². The van der Waals surface area contributed by atoms with Gasteiger partial charge in [-0.25, -0.2) is 8.51 Å². The number of benzene rings is 2. The average Bonchev–Trinajstić information content (AvgIpc) is 2.47. The molecule has 1 atom stereocenters. The molecule has 2 aromatic rings. The second kappa shape index (κ2) is 5.41. The van der Waals surface area contributed by atoms with Crippen LogP contribution in [-0.4, -0.2) is 46.6 Å². The highest BCUT2D eigenvalue weighted by Gasteiger charge is 2.20. The van der Waals surface area contributed by atoms with Crippen LogP contribution < -0.4 is 0 Å². The molecule has 0 N–H and O–H groups in total. The summed E-state index contributed by atoms with van der Waals surface area (Å²) in [6.07, 6.45) is 0. The molecule has 3 nitrogen and oxygen atoms in total. The second-order valence-corrected chi connectivity index (χ2v) is 6.48. The smallest absolute Gasteiger partial charge is 0.127 e. The Balaban J connectivity index is 1.85. The van der Waals surface area contributed by atoms with E-state index < -0.39 is 11.0 Å². The Morgan fingerprint density at radius 3 is 2.37 bits per heavy atom. The fourth-order valence-corrected chi connectivity index (χ4v) is 3.58. The molecular weight excluding hydrogens is 256 g/mol. The van der Waals surface area contributed by atoms with Crippen molar-refractivity contribution in [2.75, 3.05) is 33.2 Å². The molecule has 1 heterocycles. The molecule has 1 aliphatic rings. The maximum Gasteiger partial charge on any atom is 0.127 e. The van der Waals surface area contributed by atoms with E-state index in [-0.39, 0.29) is 0 Å². The van der Waals surface area contributed by atoms with Gasteiger partial charge in [-0.3, -0.25) is 0 Å². The van der Waals surface area contributed by atoms with Crippen molar-refractivity contribution >= 4 is 21.8 Å². The van der Waals surface area contributed by atoms with E-state index in [2.05, 4.69) is 34.5 Å². The molecule has 1 aliphatic heterocycles. The Morgan fingerprint density at radius 1 is 0.947 bits per heavy atom. The van der Waals surface area contributed by atoms with Crippen molar-refractivity contribution in [3.63, 3.8) is 0 Å².